The van der Waals surface area contributed by atoms with Crippen molar-refractivity contribution in [2.45, 2.75) is 91.3 Å². The first-order valence-corrected chi connectivity index (χ1v) is 10.4. The summed E-state index contributed by atoms with van der Waals surface area (Å²) >= 11 is 0. The molecule has 27 heavy (non-hydrogen) atoms. The lowest BCUT2D eigenvalue weighted by molar-refractivity contribution is 0.0569. The standard InChI is InChI=1S/C22H37N3O2/c1-7-8-14-24-15-10-9-11-19(24)18-12-13-20(23-16-18)25(17(2)3)21(26)27-22(4,5)6/h12-13,16-17,19H,7-11,14-15H2,1-6H3/t19-/m0/s1. The number of nitrogens with zero attached hydrogens (tertiary/aromatic N) is 3. The molecule has 0 unspecified atom stereocenters. The fraction of sp³-hybridized carbons (Fsp3) is 0.727. The van der Waals surface area contributed by atoms with Gasteiger partial charge in [-0.05, 0) is 78.6 Å². The van der Waals surface area contributed by atoms with Crippen LogP contribution in [-0.4, -0.2) is 40.7 Å². The van der Waals surface area contributed by atoms with Gasteiger partial charge in [0.2, 0.25) is 0 Å². The van der Waals surface area contributed by atoms with Gasteiger partial charge in [0, 0.05) is 18.3 Å². The molecule has 1 saturated heterocycles. The van der Waals surface area contributed by atoms with E-state index in [1.807, 2.05) is 46.9 Å². The average molecular weight is 376 g/mol. The molecule has 0 saturated carbocycles. The molecule has 1 aromatic rings. The molecule has 1 aromatic heterocycles. The molecule has 0 radical (unpaired) electrons. The SMILES string of the molecule is CCCCN1CCCC[C@H]1c1ccc(N(C(=O)OC(C)(C)C)C(C)C)nc1. The van der Waals surface area contributed by atoms with E-state index < -0.39 is 5.60 Å². The fourth-order valence-electron chi connectivity index (χ4n) is 3.61. The van der Waals surface area contributed by atoms with Crippen molar-refractivity contribution < 1.29 is 9.53 Å². The van der Waals surface area contributed by atoms with Crippen LogP contribution in [0.4, 0.5) is 10.6 Å². The van der Waals surface area contributed by atoms with Crippen molar-refractivity contribution in [3.63, 3.8) is 0 Å². The lowest BCUT2D eigenvalue weighted by atomic mass is 9.96. The number of aromatic nitrogens is 1. The monoisotopic (exact) mass is 375 g/mol. The fourth-order valence-corrected chi connectivity index (χ4v) is 3.61. The average Bonchev–Trinajstić information content (AvgIpc) is 2.59. The Balaban J connectivity index is 2.17. The Bertz CT molecular complexity index is 593. The first-order valence-electron chi connectivity index (χ1n) is 10.4. The third kappa shape index (κ3) is 6.20. The van der Waals surface area contributed by atoms with E-state index in [4.69, 9.17) is 4.74 Å². The van der Waals surface area contributed by atoms with Crippen LogP contribution in [0.2, 0.25) is 0 Å². The highest BCUT2D eigenvalue weighted by Crippen LogP contribution is 2.31. The predicted molar refractivity (Wildman–Crippen MR) is 111 cm³/mol. The molecule has 0 bridgehead atoms. The second kappa shape index (κ2) is 9.54. The molecule has 2 rings (SSSR count). The van der Waals surface area contributed by atoms with Crippen molar-refractivity contribution in [3.05, 3.63) is 23.9 Å². The van der Waals surface area contributed by atoms with Gasteiger partial charge < -0.3 is 4.74 Å². The third-order valence-electron chi connectivity index (χ3n) is 4.92. The van der Waals surface area contributed by atoms with Crippen molar-refractivity contribution in [2.75, 3.05) is 18.0 Å². The van der Waals surface area contributed by atoms with Gasteiger partial charge in [-0.3, -0.25) is 9.80 Å². The second-order valence-electron chi connectivity index (χ2n) is 8.79. The number of amides is 1. The molecule has 0 aliphatic carbocycles. The Labute approximate surface area is 165 Å². The van der Waals surface area contributed by atoms with Crippen molar-refractivity contribution in [1.82, 2.24) is 9.88 Å². The molecule has 5 heteroatoms. The van der Waals surface area contributed by atoms with E-state index in [2.05, 4.69) is 22.9 Å². The number of hydrogen-bond acceptors (Lipinski definition) is 4. The summed E-state index contributed by atoms with van der Waals surface area (Å²) < 4.78 is 5.56. The van der Waals surface area contributed by atoms with Crippen LogP contribution in [0.5, 0.6) is 0 Å². The topological polar surface area (TPSA) is 45.7 Å². The van der Waals surface area contributed by atoms with Gasteiger partial charge >= 0.3 is 6.09 Å². The van der Waals surface area contributed by atoms with E-state index >= 15 is 0 Å². The van der Waals surface area contributed by atoms with Crippen molar-refractivity contribution in [2.24, 2.45) is 0 Å². The Morgan fingerprint density at radius 3 is 2.63 bits per heavy atom. The number of rotatable bonds is 6. The molecule has 1 aliphatic rings. The maximum atomic E-state index is 12.6. The number of piperidine rings is 1. The molecule has 1 aliphatic heterocycles. The Morgan fingerprint density at radius 2 is 2.07 bits per heavy atom. The largest absolute Gasteiger partial charge is 0.443 e. The Morgan fingerprint density at radius 1 is 1.33 bits per heavy atom. The van der Waals surface area contributed by atoms with Crippen LogP contribution >= 0.6 is 0 Å². The first kappa shape index (κ1) is 21.7. The minimum atomic E-state index is -0.522. The zero-order valence-electron chi connectivity index (χ0n) is 18.0. The molecule has 1 fully saturated rings. The summed E-state index contributed by atoms with van der Waals surface area (Å²) in [5.41, 5.74) is 0.730. The summed E-state index contributed by atoms with van der Waals surface area (Å²) in [5, 5.41) is 0. The molecular weight excluding hydrogens is 338 g/mol. The van der Waals surface area contributed by atoms with Crippen LogP contribution in [0, 0.1) is 0 Å². The lowest BCUT2D eigenvalue weighted by Crippen LogP contribution is -2.41. The summed E-state index contributed by atoms with van der Waals surface area (Å²) in [5.74, 6) is 0.652. The molecule has 0 N–H and O–H groups in total. The minimum absolute atomic E-state index is 0.0195. The van der Waals surface area contributed by atoms with Gasteiger partial charge in [-0.25, -0.2) is 9.78 Å². The number of ether oxygens (including phenoxy) is 1. The molecule has 152 valence electrons. The highest BCUT2D eigenvalue weighted by atomic mass is 16.6. The van der Waals surface area contributed by atoms with Gasteiger partial charge in [-0.15, -0.1) is 0 Å². The van der Waals surface area contributed by atoms with Crippen LogP contribution in [0.15, 0.2) is 18.3 Å². The number of carbonyl (C=O) groups is 1. The number of pyridine rings is 1. The van der Waals surface area contributed by atoms with Crippen LogP contribution in [-0.2, 0) is 4.74 Å². The maximum Gasteiger partial charge on any atom is 0.416 e. The van der Waals surface area contributed by atoms with E-state index in [-0.39, 0.29) is 12.1 Å². The molecule has 1 amide bonds. The van der Waals surface area contributed by atoms with E-state index in [0.29, 0.717) is 11.9 Å². The zero-order valence-corrected chi connectivity index (χ0v) is 18.0. The highest BCUT2D eigenvalue weighted by molar-refractivity contribution is 5.87. The molecular formula is C22H37N3O2. The molecule has 2 heterocycles. The van der Waals surface area contributed by atoms with Crippen molar-refractivity contribution in [3.8, 4) is 0 Å². The minimum Gasteiger partial charge on any atom is -0.443 e. The van der Waals surface area contributed by atoms with Gasteiger partial charge in [-0.2, -0.15) is 0 Å². The van der Waals surface area contributed by atoms with Gasteiger partial charge in [0.1, 0.15) is 11.4 Å². The maximum absolute atomic E-state index is 12.6. The van der Waals surface area contributed by atoms with Gasteiger partial charge in [-0.1, -0.05) is 25.8 Å². The highest BCUT2D eigenvalue weighted by Gasteiger charge is 2.28. The first-order chi connectivity index (χ1) is 12.7. The molecule has 0 spiro atoms. The quantitative estimate of drug-likeness (QED) is 0.653. The second-order valence-corrected chi connectivity index (χ2v) is 8.79. The van der Waals surface area contributed by atoms with Gasteiger partial charge in [0.05, 0.1) is 0 Å². The molecule has 0 aromatic carbocycles. The van der Waals surface area contributed by atoms with Crippen molar-refractivity contribution >= 4 is 11.9 Å². The van der Waals surface area contributed by atoms with E-state index in [1.165, 1.54) is 44.2 Å². The van der Waals surface area contributed by atoms with Crippen LogP contribution in [0.1, 0.15) is 85.3 Å². The number of unbranched alkanes of at least 4 members (excludes halogenated alkanes) is 1. The van der Waals surface area contributed by atoms with E-state index in [1.54, 1.807) is 4.90 Å². The third-order valence-corrected chi connectivity index (χ3v) is 4.92. The summed E-state index contributed by atoms with van der Waals surface area (Å²) in [7, 11) is 0. The lowest BCUT2D eigenvalue weighted by Gasteiger charge is -2.36. The summed E-state index contributed by atoms with van der Waals surface area (Å²) in [4.78, 5) is 21.5. The molecule has 1 atom stereocenters. The Kier molecular flexibility index (Phi) is 7.66. The van der Waals surface area contributed by atoms with Crippen LogP contribution < -0.4 is 4.90 Å². The smallest absolute Gasteiger partial charge is 0.416 e. The van der Waals surface area contributed by atoms with Crippen LogP contribution in [0.3, 0.4) is 0 Å². The number of likely N-dealkylation sites (tertiary alicyclic amines) is 1. The molecule has 5 nitrogen and oxygen atoms in total. The normalized spacial score (nSPS) is 18.6. The number of carbonyl (C=O) groups excluding carboxylic acids is 1. The summed E-state index contributed by atoms with van der Waals surface area (Å²) in [6.07, 6.45) is 7.80. The Hall–Kier alpha value is -1.62. The van der Waals surface area contributed by atoms with Crippen LogP contribution in [0.25, 0.3) is 0 Å². The number of anilines is 1. The van der Waals surface area contributed by atoms with Gasteiger partial charge in [0.15, 0.2) is 0 Å². The van der Waals surface area contributed by atoms with E-state index in [9.17, 15) is 4.79 Å². The van der Waals surface area contributed by atoms with E-state index in [0.717, 1.165) is 6.54 Å². The predicted octanol–water partition coefficient (Wildman–Crippen LogP) is 5.56. The summed E-state index contributed by atoms with van der Waals surface area (Å²) in [6.45, 7) is 14.2. The summed E-state index contributed by atoms with van der Waals surface area (Å²) in [6, 6.07) is 4.53. The number of hydrogen-bond donors (Lipinski definition) is 0. The van der Waals surface area contributed by atoms with Crippen molar-refractivity contribution in [1.29, 1.82) is 0 Å². The van der Waals surface area contributed by atoms with Gasteiger partial charge in [0.25, 0.3) is 0 Å². The zero-order chi connectivity index (χ0) is 20.0.